The maximum atomic E-state index is 10.4. The number of halogens is 1. The van der Waals surface area contributed by atoms with Crippen molar-refractivity contribution in [1.82, 2.24) is 4.98 Å². The molecule has 0 spiro atoms. The van der Waals surface area contributed by atoms with E-state index in [1.165, 1.54) is 18.4 Å². The highest BCUT2D eigenvalue weighted by Crippen LogP contribution is 2.22. The summed E-state index contributed by atoms with van der Waals surface area (Å²) in [5.74, 6) is 0.682. The van der Waals surface area contributed by atoms with Crippen LogP contribution in [0, 0.1) is 10.1 Å². The maximum absolute atomic E-state index is 10.4. The van der Waals surface area contributed by atoms with E-state index in [0.29, 0.717) is 17.1 Å². The number of rotatable bonds is 3. The molecule has 0 saturated heterocycles. The lowest BCUT2D eigenvalue weighted by Crippen LogP contribution is -1.87. The molecule has 0 saturated carbocycles. The Bertz CT molecular complexity index is 507. The van der Waals surface area contributed by atoms with Gasteiger partial charge in [0.1, 0.15) is 6.26 Å². The number of alkyl halides is 1. The zero-order valence-corrected chi connectivity index (χ0v) is 8.85. The lowest BCUT2D eigenvalue weighted by atomic mass is 10.2. The van der Waals surface area contributed by atoms with Gasteiger partial charge in [-0.25, -0.2) is 4.98 Å². The fraction of sp³-hybridized carbons (Fsp3) is 0.100. The maximum Gasteiger partial charge on any atom is 0.269 e. The number of aromatic nitrogens is 1. The topological polar surface area (TPSA) is 69.2 Å². The minimum absolute atomic E-state index is 0.0351. The van der Waals surface area contributed by atoms with Gasteiger partial charge >= 0.3 is 0 Å². The lowest BCUT2D eigenvalue weighted by molar-refractivity contribution is -0.384. The van der Waals surface area contributed by atoms with Crippen molar-refractivity contribution in [3.8, 4) is 11.5 Å². The zero-order chi connectivity index (χ0) is 11.5. The molecule has 0 atom stereocenters. The predicted molar refractivity (Wildman–Crippen MR) is 58.2 cm³/mol. The average Bonchev–Trinajstić information content (AvgIpc) is 2.77. The van der Waals surface area contributed by atoms with Crippen molar-refractivity contribution in [2.45, 2.75) is 5.88 Å². The molecule has 0 bridgehead atoms. The monoisotopic (exact) mass is 238 g/mol. The van der Waals surface area contributed by atoms with Gasteiger partial charge in [0, 0.05) is 17.7 Å². The van der Waals surface area contributed by atoms with Crippen LogP contribution in [0.15, 0.2) is 34.9 Å². The first-order chi connectivity index (χ1) is 7.70. The Morgan fingerprint density at radius 1 is 1.38 bits per heavy atom. The van der Waals surface area contributed by atoms with Gasteiger partial charge in [0.05, 0.1) is 16.5 Å². The Balaban J connectivity index is 2.30. The van der Waals surface area contributed by atoms with Crippen molar-refractivity contribution in [1.29, 1.82) is 0 Å². The molecule has 0 amide bonds. The average molecular weight is 239 g/mol. The summed E-state index contributed by atoms with van der Waals surface area (Å²) >= 11 is 5.58. The van der Waals surface area contributed by atoms with E-state index >= 15 is 0 Å². The van der Waals surface area contributed by atoms with Gasteiger partial charge in [-0.15, -0.1) is 11.6 Å². The molecule has 0 fully saturated rings. The number of benzene rings is 1. The highest BCUT2D eigenvalue weighted by atomic mass is 35.5. The summed E-state index contributed by atoms with van der Waals surface area (Å²) in [6.45, 7) is 0. The van der Waals surface area contributed by atoms with Gasteiger partial charge in [-0.3, -0.25) is 10.1 Å². The molecule has 1 aromatic carbocycles. The van der Waals surface area contributed by atoms with Crippen molar-refractivity contribution >= 4 is 17.3 Å². The summed E-state index contributed by atoms with van der Waals surface area (Å²) in [6, 6.07) is 5.98. The number of nitro benzene ring substituents is 1. The van der Waals surface area contributed by atoms with Crippen LogP contribution >= 0.6 is 11.6 Å². The quantitative estimate of drug-likeness (QED) is 0.468. The molecule has 0 aliphatic heterocycles. The van der Waals surface area contributed by atoms with Crippen molar-refractivity contribution in [3.63, 3.8) is 0 Å². The second-order valence-corrected chi connectivity index (χ2v) is 3.35. The van der Waals surface area contributed by atoms with Crippen LogP contribution in [0.25, 0.3) is 11.5 Å². The number of nitro groups is 1. The van der Waals surface area contributed by atoms with E-state index in [-0.39, 0.29) is 11.6 Å². The molecular formula is C10H7ClN2O3. The summed E-state index contributed by atoms with van der Waals surface area (Å²) in [6.07, 6.45) is 1.46. The molecule has 1 aromatic heterocycles. The summed E-state index contributed by atoms with van der Waals surface area (Å²) in [5, 5.41) is 10.4. The molecule has 2 aromatic rings. The van der Waals surface area contributed by atoms with Crippen LogP contribution in [0.2, 0.25) is 0 Å². The summed E-state index contributed by atoms with van der Waals surface area (Å²) in [4.78, 5) is 14.1. The van der Waals surface area contributed by atoms with Gasteiger partial charge in [0.2, 0.25) is 5.89 Å². The Hall–Kier alpha value is -1.88. The SMILES string of the molecule is O=[N+]([O-])c1ccc(-c2nc(CCl)co2)cc1. The van der Waals surface area contributed by atoms with Crippen LogP contribution in [0.4, 0.5) is 5.69 Å². The third kappa shape index (κ3) is 2.04. The van der Waals surface area contributed by atoms with E-state index < -0.39 is 4.92 Å². The fourth-order valence-electron chi connectivity index (χ4n) is 1.23. The molecule has 0 N–H and O–H groups in total. The van der Waals surface area contributed by atoms with Gasteiger partial charge in [-0.2, -0.15) is 0 Å². The second-order valence-electron chi connectivity index (χ2n) is 3.08. The third-order valence-corrected chi connectivity index (χ3v) is 2.29. The fourth-order valence-corrected chi connectivity index (χ4v) is 1.35. The summed E-state index contributed by atoms with van der Waals surface area (Å²) in [7, 11) is 0. The molecule has 5 nitrogen and oxygen atoms in total. The number of oxazole rings is 1. The smallest absolute Gasteiger partial charge is 0.269 e. The van der Waals surface area contributed by atoms with E-state index in [9.17, 15) is 10.1 Å². The van der Waals surface area contributed by atoms with Gasteiger partial charge < -0.3 is 4.42 Å². The van der Waals surface area contributed by atoms with E-state index in [4.69, 9.17) is 16.0 Å². The van der Waals surface area contributed by atoms with Crippen LogP contribution in [0.3, 0.4) is 0 Å². The number of hydrogen-bond acceptors (Lipinski definition) is 4. The first-order valence-corrected chi connectivity index (χ1v) is 4.99. The Kier molecular flexibility index (Phi) is 2.87. The largest absolute Gasteiger partial charge is 0.444 e. The highest BCUT2D eigenvalue weighted by Gasteiger charge is 2.09. The minimum Gasteiger partial charge on any atom is -0.444 e. The first-order valence-electron chi connectivity index (χ1n) is 4.46. The highest BCUT2D eigenvalue weighted by molar-refractivity contribution is 6.16. The van der Waals surface area contributed by atoms with Gasteiger partial charge in [0.15, 0.2) is 0 Å². The molecule has 16 heavy (non-hydrogen) atoms. The normalized spacial score (nSPS) is 10.3. The number of non-ortho nitro benzene ring substituents is 1. The van der Waals surface area contributed by atoms with E-state index in [1.54, 1.807) is 12.1 Å². The van der Waals surface area contributed by atoms with Crippen LogP contribution in [0.1, 0.15) is 5.69 Å². The Labute approximate surface area is 95.8 Å². The molecule has 0 radical (unpaired) electrons. The van der Waals surface area contributed by atoms with Gasteiger partial charge in [0.25, 0.3) is 5.69 Å². The Morgan fingerprint density at radius 2 is 2.06 bits per heavy atom. The summed E-state index contributed by atoms with van der Waals surface area (Å²) in [5.41, 5.74) is 1.35. The van der Waals surface area contributed by atoms with E-state index in [0.717, 1.165) is 0 Å². The van der Waals surface area contributed by atoms with Gasteiger partial charge in [-0.1, -0.05) is 0 Å². The van der Waals surface area contributed by atoms with Crippen LogP contribution < -0.4 is 0 Å². The molecule has 0 aliphatic rings. The number of nitrogens with zero attached hydrogens (tertiary/aromatic N) is 2. The van der Waals surface area contributed by atoms with Crippen LogP contribution in [-0.2, 0) is 5.88 Å². The molecule has 0 unspecified atom stereocenters. The lowest BCUT2D eigenvalue weighted by Gasteiger charge is -1.94. The molecule has 0 aliphatic carbocycles. The molecule has 2 rings (SSSR count). The third-order valence-electron chi connectivity index (χ3n) is 2.01. The number of hydrogen-bond donors (Lipinski definition) is 0. The minimum atomic E-state index is -0.455. The molecule has 6 heteroatoms. The van der Waals surface area contributed by atoms with Crippen molar-refractivity contribution in [2.75, 3.05) is 0 Å². The van der Waals surface area contributed by atoms with E-state index in [1.807, 2.05) is 0 Å². The van der Waals surface area contributed by atoms with Gasteiger partial charge in [-0.05, 0) is 12.1 Å². The second kappa shape index (κ2) is 4.32. The first kappa shape index (κ1) is 10.6. The van der Waals surface area contributed by atoms with Crippen molar-refractivity contribution in [2.24, 2.45) is 0 Å². The Morgan fingerprint density at radius 3 is 2.56 bits per heavy atom. The van der Waals surface area contributed by atoms with E-state index in [2.05, 4.69) is 4.98 Å². The molecule has 1 heterocycles. The van der Waals surface area contributed by atoms with Crippen LogP contribution in [0.5, 0.6) is 0 Å². The summed E-state index contributed by atoms with van der Waals surface area (Å²) < 4.78 is 5.18. The van der Waals surface area contributed by atoms with Crippen molar-refractivity contribution < 1.29 is 9.34 Å². The zero-order valence-electron chi connectivity index (χ0n) is 8.09. The molecule has 82 valence electrons. The predicted octanol–water partition coefficient (Wildman–Crippen LogP) is 2.99. The standard InChI is InChI=1S/C10H7ClN2O3/c11-5-8-6-16-10(12-8)7-1-3-9(4-2-7)13(14)15/h1-4,6H,5H2. The van der Waals surface area contributed by atoms with Crippen molar-refractivity contribution in [3.05, 3.63) is 46.3 Å². The van der Waals surface area contributed by atoms with Crippen LogP contribution in [-0.4, -0.2) is 9.91 Å². The molecular weight excluding hydrogens is 232 g/mol.